The minimum Gasteiger partial charge on any atom is -0.494 e. The van der Waals surface area contributed by atoms with Gasteiger partial charge in [0.1, 0.15) is 17.9 Å². The number of carbonyl (C=O) groups excluding carboxylic acids is 1. The number of benzene rings is 2. The van der Waals surface area contributed by atoms with Gasteiger partial charge in [0.2, 0.25) is 5.91 Å². The summed E-state index contributed by atoms with van der Waals surface area (Å²) in [4.78, 5) is 29.1. The second-order valence-corrected chi connectivity index (χ2v) is 9.57. The zero-order valence-electron chi connectivity index (χ0n) is 22.2. The van der Waals surface area contributed by atoms with E-state index in [1.165, 1.54) is 12.4 Å². The fraction of sp³-hybridized carbons (Fsp3) is 0.310. The molecule has 0 saturated carbocycles. The Labute approximate surface area is 232 Å². The molecule has 206 valence electrons. The number of aromatic nitrogens is 2. The minimum atomic E-state index is -0.337. The lowest BCUT2D eigenvalue weighted by Crippen LogP contribution is -2.36. The molecule has 2 fully saturated rings. The number of hydrogen-bond acceptors (Lipinski definition) is 10. The van der Waals surface area contributed by atoms with Crippen LogP contribution in [0.3, 0.4) is 0 Å². The zero-order valence-corrected chi connectivity index (χ0v) is 22.2. The first-order valence-corrected chi connectivity index (χ1v) is 13.1. The van der Waals surface area contributed by atoms with Gasteiger partial charge in [-0.3, -0.25) is 9.63 Å². The van der Waals surface area contributed by atoms with Gasteiger partial charge >= 0.3 is 0 Å². The standard InChI is InChI=1S/C29H31N7O4/c1-3-29(38)34-22-14-23(26(39-2)15-25(22)35-10-7-21(37)8-11-35)33-27-16-28(32-18-31-27)36-24(9-12-40-36)20-6-4-5-19(13-20)17-30/h3-6,13-16,18,21,24,37H,1,7-12H2,2H3,(H,34,38)(H,31,32,33)/t24-/m1/s1. The molecule has 3 aromatic rings. The van der Waals surface area contributed by atoms with Gasteiger partial charge in [0.05, 0.1) is 54.6 Å². The van der Waals surface area contributed by atoms with Crippen LogP contribution in [0.15, 0.2) is 61.4 Å². The number of nitrogens with zero attached hydrogens (tertiary/aromatic N) is 5. The van der Waals surface area contributed by atoms with Crippen molar-refractivity contribution in [3.05, 3.63) is 72.6 Å². The van der Waals surface area contributed by atoms with E-state index in [4.69, 9.17) is 9.57 Å². The van der Waals surface area contributed by atoms with Gasteiger partial charge in [-0.25, -0.2) is 15.0 Å². The van der Waals surface area contributed by atoms with Crippen molar-refractivity contribution in [3.8, 4) is 11.8 Å². The monoisotopic (exact) mass is 541 g/mol. The van der Waals surface area contributed by atoms with Gasteiger partial charge in [-0.1, -0.05) is 18.7 Å². The van der Waals surface area contributed by atoms with Crippen LogP contribution in [0, 0.1) is 11.3 Å². The largest absolute Gasteiger partial charge is 0.494 e. The van der Waals surface area contributed by atoms with E-state index in [-0.39, 0.29) is 18.1 Å². The molecule has 1 aromatic heterocycles. The van der Waals surface area contributed by atoms with Gasteiger partial charge in [-0.15, -0.1) is 0 Å². The van der Waals surface area contributed by atoms with Crippen LogP contribution in [0.2, 0.25) is 0 Å². The summed E-state index contributed by atoms with van der Waals surface area (Å²) in [6, 6.07) is 15.0. The molecule has 3 heterocycles. The molecule has 1 atom stereocenters. The average Bonchev–Trinajstić information content (AvgIpc) is 3.48. The van der Waals surface area contributed by atoms with Gasteiger partial charge in [0.15, 0.2) is 5.82 Å². The number of hydroxylamine groups is 1. The van der Waals surface area contributed by atoms with E-state index >= 15 is 0 Å². The summed E-state index contributed by atoms with van der Waals surface area (Å²) in [5, 5.41) is 27.2. The lowest BCUT2D eigenvalue weighted by molar-refractivity contribution is -0.111. The van der Waals surface area contributed by atoms with E-state index < -0.39 is 0 Å². The Bertz CT molecular complexity index is 1430. The third-order valence-electron chi connectivity index (χ3n) is 7.01. The van der Waals surface area contributed by atoms with Crippen molar-refractivity contribution in [2.45, 2.75) is 31.4 Å². The number of rotatable bonds is 8. The van der Waals surface area contributed by atoms with Gasteiger partial charge in [-0.2, -0.15) is 5.26 Å². The number of methoxy groups -OCH3 is 1. The Morgan fingerprint density at radius 3 is 2.77 bits per heavy atom. The van der Waals surface area contributed by atoms with Gasteiger partial charge < -0.3 is 25.4 Å². The number of amides is 1. The van der Waals surface area contributed by atoms with Crippen molar-refractivity contribution in [3.63, 3.8) is 0 Å². The van der Waals surface area contributed by atoms with Crippen molar-refractivity contribution >= 4 is 34.6 Å². The van der Waals surface area contributed by atoms with E-state index in [2.05, 4.69) is 38.1 Å². The van der Waals surface area contributed by atoms with E-state index in [1.807, 2.05) is 24.3 Å². The third kappa shape index (κ3) is 5.83. The number of aliphatic hydroxyl groups is 1. The maximum atomic E-state index is 12.3. The number of hydrogen-bond donors (Lipinski definition) is 3. The molecule has 11 nitrogen and oxygen atoms in total. The number of carbonyl (C=O) groups is 1. The zero-order chi connectivity index (χ0) is 28.1. The number of nitrogens with one attached hydrogen (secondary N) is 2. The first-order chi connectivity index (χ1) is 19.5. The van der Waals surface area contributed by atoms with Crippen molar-refractivity contribution < 1.29 is 19.5 Å². The predicted molar refractivity (Wildman–Crippen MR) is 152 cm³/mol. The SMILES string of the molecule is C=CC(=O)Nc1cc(Nc2cc(N3OCC[C@@H]3c3cccc(C#N)c3)ncn2)c(OC)cc1N1CCC(O)CC1. The summed E-state index contributed by atoms with van der Waals surface area (Å²) < 4.78 is 5.71. The van der Waals surface area contributed by atoms with Crippen LogP contribution < -0.4 is 25.3 Å². The quantitative estimate of drug-likeness (QED) is 0.358. The maximum Gasteiger partial charge on any atom is 0.247 e. The minimum absolute atomic E-state index is 0.103. The van der Waals surface area contributed by atoms with Crippen molar-refractivity contribution in [2.75, 3.05) is 47.4 Å². The van der Waals surface area contributed by atoms with Crippen molar-refractivity contribution in [1.82, 2.24) is 9.97 Å². The Kier molecular flexibility index (Phi) is 8.10. The summed E-state index contributed by atoms with van der Waals surface area (Å²) in [5.41, 5.74) is 3.52. The van der Waals surface area contributed by atoms with E-state index in [0.29, 0.717) is 66.9 Å². The fourth-order valence-corrected chi connectivity index (χ4v) is 4.98. The van der Waals surface area contributed by atoms with Crippen molar-refractivity contribution in [1.29, 1.82) is 5.26 Å². The van der Waals surface area contributed by atoms with Crippen LogP contribution in [0.25, 0.3) is 0 Å². The molecule has 2 aliphatic heterocycles. The van der Waals surface area contributed by atoms with Crippen LogP contribution in [0.4, 0.5) is 28.7 Å². The Hall–Kier alpha value is -4.66. The van der Waals surface area contributed by atoms with E-state index in [9.17, 15) is 15.2 Å². The molecule has 11 heteroatoms. The first-order valence-electron chi connectivity index (χ1n) is 13.1. The smallest absolute Gasteiger partial charge is 0.247 e. The van der Waals surface area contributed by atoms with Crippen LogP contribution in [-0.4, -0.2) is 53.9 Å². The number of piperidine rings is 1. The van der Waals surface area contributed by atoms with Crippen LogP contribution in [-0.2, 0) is 9.63 Å². The summed E-state index contributed by atoms with van der Waals surface area (Å²) in [7, 11) is 1.58. The van der Waals surface area contributed by atoms with Gasteiger partial charge in [-0.05, 0) is 42.7 Å². The molecule has 2 saturated heterocycles. The molecule has 1 amide bonds. The molecule has 0 aliphatic carbocycles. The molecule has 0 bridgehead atoms. The first kappa shape index (κ1) is 26.9. The highest BCUT2D eigenvalue weighted by atomic mass is 16.7. The molecule has 2 aliphatic rings. The lowest BCUT2D eigenvalue weighted by atomic mass is 10.0. The van der Waals surface area contributed by atoms with Gasteiger partial charge in [0, 0.05) is 31.6 Å². The predicted octanol–water partition coefficient (Wildman–Crippen LogP) is 4.07. The Balaban J connectivity index is 1.44. The van der Waals surface area contributed by atoms with Crippen LogP contribution in [0.5, 0.6) is 5.75 Å². The Morgan fingerprint density at radius 2 is 2.02 bits per heavy atom. The molecule has 40 heavy (non-hydrogen) atoms. The summed E-state index contributed by atoms with van der Waals surface area (Å²) in [6.45, 7) is 5.39. The van der Waals surface area contributed by atoms with Gasteiger partial charge in [0.25, 0.3) is 0 Å². The van der Waals surface area contributed by atoms with Crippen molar-refractivity contribution in [2.24, 2.45) is 0 Å². The number of aliphatic hydroxyl groups excluding tert-OH is 1. The molecule has 2 aromatic carbocycles. The van der Waals surface area contributed by atoms with Crippen LogP contribution >= 0.6 is 0 Å². The summed E-state index contributed by atoms with van der Waals surface area (Å²) in [5.74, 6) is 1.28. The fourth-order valence-electron chi connectivity index (χ4n) is 4.98. The molecular formula is C29H31N7O4. The molecule has 0 radical (unpaired) electrons. The Morgan fingerprint density at radius 1 is 1.20 bits per heavy atom. The number of nitriles is 1. The molecule has 5 rings (SSSR count). The lowest BCUT2D eigenvalue weighted by Gasteiger charge is -2.33. The molecular weight excluding hydrogens is 510 g/mol. The highest BCUT2D eigenvalue weighted by molar-refractivity contribution is 6.02. The highest BCUT2D eigenvalue weighted by Gasteiger charge is 2.29. The topological polar surface area (TPSA) is 136 Å². The highest BCUT2D eigenvalue weighted by Crippen LogP contribution is 2.40. The van der Waals surface area contributed by atoms with E-state index in [0.717, 1.165) is 17.7 Å². The summed E-state index contributed by atoms with van der Waals surface area (Å²) >= 11 is 0. The number of anilines is 5. The normalized spacial score (nSPS) is 17.3. The van der Waals surface area contributed by atoms with Crippen LogP contribution in [0.1, 0.15) is 36.4 Å². The summed E-state index contributed by atoms with van der Waals surface area (Å²) in [6.07, 6.45) is 4.37. The van der Waals surface area contributed by atoms with E-state index in [1.54, 1.807) is 30.4 Å². The second-order valence-electron chi connectivity index (χ2n) is 9.57. The molecule has 0 spiro atoms. The number of ether oxygens (including phenoxy) is 1. The molecule has 3 N–H and O–H groups in total. The average molecular weight is 542 g/mol. The second kappa shape index (κ2) is 12.0. The maximum absolute atomic E-state index is 12.3. The molecule has 0 unspecified atom stereocenters. The third-order valence-corrected chi connectivity index (χ3v) is 7.01.